The Balaban J connectivity index is 1.17. The Morgan fingerprint density at radius 3 is 2.25 bits per heavy atom. The minimum absolute atomic E-state index is 0.0214. The molecule has 2 aromatic heterocycles. The van der Waals surface area contributed by atoms with E-state index in [1.165, 1.54) is 25.3 Å². The Hall–Kier alpha value is -3.81. The Morgan fingerprint density at radius 2 is 1.64 bits per heavy atom. The first-order chi connectivity index (χ1) is 21.3. The number of carbonyl (C=O) groups excluding carboxylic acids is 2. The molecule has 4 N–H and O–H groups in total. The summed E-state index contributed by atoms with van der Waals surface area (Å²) in [5.41, 5.74) is 2.61. The van der Waals surface area contributed by atoms with E-state index in [2.05, 4.69) is 49.1 Å². The van der Waals surface area contributed by atoms with E-state index >= 15 is 0 Å². The Bertz CT molecular complexity index is 1470. The minimum Gasteiger partial charge on any atom is -0.463 e. The van der Waals surface area contributed by atoms with Gasteiger partial charge in [0.1, 0.15) is 12.1 Å². The van der Waals surface area contributed by atoms with E-state index in [-0.39, 0.29) is 35.9 Å². The maximum atomic E-state index is 12.9. The number of amides is 2. The van der Waals surface area contributed by atoms with Crippen molar-refractivity contribution in [2.75, 3.05) is 44.7 Å². The Morgan fingerprint density at radius 1 is 1.00 bits per heavy atom. The number of imidazole rings is 1. The summed E-state index contributed by atoms with van der Waals surface area (Å²) in [6, 6.07) is 8.46. The summed E-state index contributed by atoms with van der Waals surface area (Å²) in [5.74, 6) is 6.34. The standard InChI is InChI=1S/C31H44N8O5/c1-3-4-17-43-30-35-28(33-21(2)40)27-29(36-30)39(31(42)34-27)19-23-7-5-22(6-8-23)18-37-13-9-24(10-14-37)25-11-15-38(16-12-25)26(41)20-44-32/h5-8,24-25H,3-4,9-20,32H2,1-2H3,(H,34,42)(H,33,35,36,40). The molecule has 0 atom stereocenters. The van der Waals surface area contributed by atoms with Gasteiger partial charge in [-0.15, -0.1) is 0 Å². The third kappa shape index (κ3) is 7.82. The van der Waals surface area contributed by atoms with Gasteiger partial charge in [0.05, 0.1) is 13.2 Å². The topological polar surface area (TPSA) is 161 Å². The van der Waals surface area contributed by atoms with Crippen LogP contribution in [-0.2, 0) is 27.5 Å². The number of H-pyrrole nitrogens is 1. The van der Waals surface area contributed by atoms with Crippen molar-refractivity contribution in [1.82, 2.24) is 29.3 Å². The SMILES string of the molecule is CCCCOc1nc(NC(C)=O)c2[nH]c(=O)n(Cc3ccc(CN4CCC(C5CCN(C(=O)CON)CC5)CC4)cc3)c2n1. The number of nitrogens with one attached hydrogen (secondary N) is 2. The molecule has 0 saturated carbocycles. The second-order valence-electron chi connectivity index (χ2n) is 11.9. The number of nitrogens with zero attached hydrogens (tertiary/aromatic N) is 5. The lowest BCUT2D eigenvalue weighted by atomic mass is 9.78. The van der Waals surface area contributed by atoms with Gasteiger partial charge in [-0.25, -0.2) is 10.7 Å². The number of anilines is 1. The maximum Gasteiger partial charge on any atom is 0.328 e. The van der Waals surface area contributed by atoms with Crippen LogP contribution >= 0.6 is 0 Å². The van der Waals surface area contributed by atoms with Crippen molar-refractivity contribution in [2.24, 2.45) is 17.7 Å². The number of hydrogen-bond acceptors (Lipinski definition) is 9. The summed E-state index contributed by atoms with van der Waals surface area (Å²) < 4.78 is 7.25. The van der Waals surface area contributed by atoms with Crippen LogP contribution in [0, 0.1) is 11.8 Å². The van der Waals surface area contributed by atoms with Crippen molar-refractivity contribution in [1.29, 1.82) is 0 Å². The van der Waals surface area contributed by atoms with Gasteiger partial charge in [0.25, 0.3) is 5.91 Å². The van der Waals surface area contributed by atoms with E-state index < -0.39 is 0 Å². The van der Waals surface area contributed by atoms with Crippen molar-refractivity contribution >= 4 is 28.8 Å². The number of ether oxygens (including phenoxy) is 1. The third-order valence-electron chi connectivity index (χ3n) is 8.79. The highest BCUT2D eigenvalue weighted by Gasteiger charge is 2.31. The first-order valence-corrected chi connectivity index (χ1v) is 15.6. The fraction of sp³-hybridized carbons (Fsp3) is 0.581. The smallest absolute Gasteiger partial charge is 0.328 e. The summed E-state index contributed by atoms with van der Waals surface area (Å²) in [7, 11) is 0. The molecule has 5 rings (SSSR count). The molecule has 4 heterocycles. The molecule has 0 bridgehead atoms. The molecule has 238 valence electrons. The Labute approximate surface area is 257 Å². The van der Waals surface area contributed by atoms with Crippen LogP contribution < -0.4 is 21.6 Å². The fourth-order valence-corrected chi connectivity index (χ4v) is 6.34. The Kier molecular flexibility index (Phi) is 10.6. The molecular formula is C31H44N8O5. The van der Waals surface area contributed by atoms with Gasteiger partial charge in [0.2, 0.25) is 5.91 Å². The van der Waals surface area contributed by atoms with Gasteiger partial charge in [0.15, 0.2) is 11.5 Å². The molecule has 0 radical (unpaired) electrons. The zero-order valence-corrected chi connectivity index (χ0v) is 25.7. The van der Waals surface area contributed by atoms with Gasteiger partial charge in [-0.3, -0.25) is 23.9 Å². The van der Waals surface area contributed by atoms with Crippen molar-refractivity contribution in [3.63, 3.8) is 0 Å². The molecule has 2 fully saturated rings. The highest BCUT2D eigenvalue weighted by molar-refractivity contribution is 5.95. The number of fused-ring (bicyclic) bond motifs is 1. The molecule has 2 aliphatic rings. The van der Waals surface area contributed by atoms with E-state index in [4.69, 9.17) is 10.6 Å². The number of rotatable bonds is 12. The summed E-state index contributed by atoms with van der Waals surface area (Å²) in [6.07, 6.45) is 6.26. The van der Waals surface area contributed by atoms with Crippen LogP contribution in [0.25, 0.3) is 11.2 Å². The van der Waals surface area contributed by atoms with E-state index in [9.17, 15) is 14.4 Å². The van der Waals surface area contributed by atoms with Crippen LogP contribution in [0.1, 0.15) is 63.5 Å². The van der Waals surface area contributed by atoms with Crippen LogP contribution in [0.2, 0.25) is 0 Å². The second-order valence-corrected chi connectivity index (χ2v) is 11.9. The minimum atomic E-state index is -0.333. The largest absolute Gasteiger partial charge is 0.463 e. The van der Waals surface area contributed by atoms with Crippen molar-refractivity contribution in [2.45, 2.75) is 65.5 Å². The quantitative estimate of drug-likeness (QED) is 0.207. The molecule has 0 spiro atoms. The predicted octanol–water partition coefficient (Wildman–Crippen LogP) is 2.65. The highest BCUT2D eigenvalue weighted by atomic mass is 16.6. The number of benzene rings is 1. The molecule has 13 heteroatoms. The van der Waals surface area contributed by atoms with Crippen LogP contribution in [0.3, 0.4) is 0 Å². The molecule has 2 saturated heterocycles. The zero-order chi connectivity index (χ0) is 31.1. The van der Waals surface area contributed by atoms with E-state index in [0.29, 0.717) is 36.2 Å². The lowest BCUT2D eigenvalue weighted by Gasteiger charge is -2.40. The van der Waals surface area contributed by atoms with Gasteiger partial charge in [-0.1, -0.05) is 37.6 Å². The molecule has 44 heavy (non-hydrogen) atoms. The van der Waals surface area contributed by atoms with Crippen molar-refractivity contribution in [3.8, 4) is 6.01 Å². The molecule has 13 nitrogen and oxygen atoms in total. The van der Waals surface area contributed by atoms with E-state index in [1.54, 1.807) is 4.57 Å². The van der Waals surface area contributed by atoms with Gasteiger partial charge < -0.3 is 19.9 Å². The first kappa shape index (κ1) is 31.6. The van der Waals surface area contributed by atoms with Crippen LogP contribution in [0.5, 0.6) is 6.01 Å². The summed E-state index contributed by atoms with van der Waals surface area (Å²) in [6.45, 7) is 8.78. The number of hydrogen-bond donors (Lipinski definition) is 3. The molecule has 2 amide bonds. The molecule has 1 aromatic carbocycles. The number of unbranched alkanes of at least 4 members (excludes halogenated alkanes) is 1. The van der Waals surface area contributed by atoms with Crippen LogP contribution in [0.4, 0.5) is 5.82 Å². The predicted molar refractivity (Wildman–Crippen MR) is 166 cm³/mol. The van der Waals surface area contributed by atoms with Gasteiger partial charge in [-0.05, 0) is 68.2 Å². The highest BCUT2D eigenvalue weighted by Crippen LogP contribution is 2.33. The molecular weight excluding hydrogens is 564 g/mol. The number of nitrogens with two attached hydrogens (primary N) is 1. The number of likely N-dealkylation sites (tertiary alicyclic amines) is 2. The average molecular weight is 609 g/mol. The second kappa shape index (κ2) is 14.8. The molecule has 0 aliphatic carbocycles. The lowest BCUT2D eigenvalue weighted by Crippen LogP contribution is -2.44. The average Bonchev–Trinajstić information content (AvgIpc) is 3.33. The number of carbonyl (C=O) groups is 2. The van der Waals surface area contributed by atoms with Crippen molar-refractivity contribution < 1.29 is 19.2 Å². The van der Waals surface area contributed by atoms with Crippen LogP contribution in [-0.4, -0.2) is 80.5 Å². The summed E-state index contributed by atoms with van der Waals surface area (Å²) in [5, 5.41) is 2.68. The number of aromatic amines is 1. The third-order valence-corrected chi connectivity index (χ3v) is 8.79. The number of piperidine rings is 2. The van der Waals surface area contributed by atoms with Gasteiger partial charge in [-0.2, -0.15) is 9.97 Å². The normalized spacial score (nSPS) is 16.8. The van der Waals surface area contributed by atoms with E-state index in [0.717, 1.165) is 64.0 Å². The van der Waals surface area contributed by atoms with Crippen LogP contribution in [0.15, 0.2) is 29.1 Å². The zero-order valence-electron chi connectivity index (χ0n) is 25.7. The molecule has 3 aromatic rings. The monoisotopic (exact) mass is 608 g/mol. The molecule has 2 aliphatic heterocycles. The first-order valence-electron chi connectivity index (χ1n) is 15.6. The maximum absolute atomic E-state index is 12.9. The molecule has 0 unspecified atom stereocenters. The lowest BCUT2D eigenvalue weighted by molar-refractivity contribution is -0.138. The van der Waals surface area contributed by atoms with Gasteiger partial charge in [0, 0.05) is 26.6 Å². The summed E-state index contributed by atoms with van der Waals surface area (Å²) >= 11 is 0. The summed E-state index contributed by atoms with van der Waals surface area (Å²) in [4.78, 5) is 57.3. The van der Waals surface area contributed by atoms with Gasteiger partial charge >= 0.3 is 11.7 Å². The number of aromatic nitrogens is 4. The van der Waals surface area contributed by atoms with Crippen molar-refractivity contribution in [3.05, 3.63) is 45.9 Å². The van der Waals surface area contributed by atoms with E-state index in [1.807, 2.05) is 17.0 Å². The fourth-order valence-electron chi connectivity index (χ4n) is 6.34.